The van der Waals surface area contributed by atoms with Crippen molar-refractivity contribution in [1.82, 2.24) is 24.8 Å². The molecule has 2 unspecified atom stereocenters. The summed E-state index contributed by atoms with van der Waals surface area (Å²) in [6.07, 6.45) is 0.0180. The summed E-state index contributed by atoms with van der Waals surface area (Å²) in [4.78, 5) is 23.4. The average molecular weight is 560 g/mol. The molecule has 0 spiro atoms. The molecular formula is C31H39N6O4-. The number of aromatic nitrogens is 3. The Morgan fingerprint density at radius 3 is 2.46 bits per heavy atom. The SMILES string of the molecule is CCOC(c1nc2ccccc2cc1OC)n1c(NC2CCN(CC(NC(=O)[O-])C(C)C)CC2)nc2ccccc21. The number of nitrogens with one attached hydrogen (secondary N) is 2. The fourth-order valence-corrected chi connectivity index (χ4v) is 5.56. The van der Waals surface area contributed by atoms with Gasteiger partial charge in [-0.2, -0.15) is 0 Å². The topological polar surface area (TPSA) is 117 Å². The number of fused-ring (bicyclic) bond motifs is 2. The second-order valence-corrected chi connectivity index (χ2v) is 10.9. The van der Waals surface area contributed by atoms with Gasteiger partial charge < -0.3 is 34.9 Å². The molecule has 3 heterocycles. The number of piperidine rings is 1. The van der Waals surface area contributed by atoms with Crippen LogP contribution in [0, 0.1) is 5.92 Å². The molecule has 5 rings (SSSR count). The number of carbonyl (C=O) groups excluding carboxylic acids is 1. The molecular weight excluding hydrogens is 520 g/mol. The van der Waals surface area contributed by atoms with Gasteiger partial charge in [-0.05, 0) is 49.9 Å². The molecule has 2 N–H and O–H groups in total. The number of amides is 1. The van der Waals surface area contributed by atoms with Gasteiger partial charge in [0.25, 0.3) is 0 Å². The summed E-state index contributed by atoms with van der Waals surface area (Å²) in [5.74, 6) is 1.56. The van der Waals surface area contributed by atoms with E-state index < -0.39 is 12.3 Å². The Hall–Kier alpha value is -3.89. The maximum atomic E-state index is 11.1. The monoisotopic (exact) mass is 559 g/mol. The van der Waals surface area contributed by atoms with Crippen LogP contribution in [0.1, 0.15) is 45.5 Å². The Balaban J connectivity index is 1.43. The third-order valence-corrected chi connectivity index (χ3v) is 7.81. The van der Waals surface area contributed by atoms with Gasteiger partial charge >= 0.3 is 0 Å². The van der Waals surface area contributed by atoms with Gasteiger partial charge in [0, 0.05) is 43.7 Å². The van der Waals surface area contributed by atoms with Crippen molar-refractivity contribution in [2.45, 2.75) is 51.9 Å². The Kier molecular flexibility index (Phi) is 8.90. The van der Waals surface area contributed by atoms with Crippen LogP contribution >= 0.6 is 0 Å². The Bertz CT molecular complexity index is 1480. The lowest BCUT2D eigenvalue weighted by Gasteiger charge is -2.36. The molecule has 0 radical (unpaired) electrons. The standard InChI is InChI=1S/C31H40N6O4/c1-5-41-29(28-27(40-4)18-21-10-6-7-11-23(21)33-28)37-26-13-9-8-12-24(26)34-30(37)32-22-14-16-36(17-15-22)19-25(20(2)3)35-31(38)39/h6-13,18,20,22,25,29,35H,5,14-17,19H2,1-4H3,(H,32,34)(H,38,39)/p-1. The van der Waals surface area contributed by atoms with E-state index in [0.717, 1.165) is 53.8 Å². The maximum absolute atomic E-state index is 11.1. The lowest BCUT2D eigenvalue weighted by molar-refractivity contribution is -0.252. The largest absolute Gasteiger partial charge is 0.530 e. The van der Waals surface area contributed by atoms with Crippen molar-refractivity contribution in [3.8, 4) is 5.75 Å². The normalized spacial score (nSPS) is 16.2. The van der Waals surface area contributed by atoms with E-state index in [4.69, 9.17) is 19.4 Å². The first kappa shape index (κ1) is 28.6. The van der Waals surface area contributed by atoms with Crippen LogP contribution < -0.4 is 20.5 Å². The molecule has 1 aliphatic rings. The van der Waals surface area contributed by atoms with E-state index in [2.05, 4.69) is 20.1 Å². The van der Waals surface area contributed by atoms with Crippen LogP contribution in [0.3, 0.4) is 0 Å². The molecule has 2 aromatic carbocycles. The third kappa shape index (κ3) is 6.39. The minimum Gasteiger partial charge on any atom is -0.530 e. The van der Waals surface area contributed by atoms with E-state index in [0.29, 0.717) is 24.6 Å². The van der Waals surface area contributed by atoms with E-state index in [9.17, 15) is 9.90 Å². The van der Waals surface area contributed by atoms with E-state index in [1.54, 1.807) is 7.11 Å². The van der Waals surface area contributed by atoms with Crippen molar-refractivity contribution in [3.05, 3.63) is 60.3 Å². The molecule has 41 heavy (non-hydrogen) atoms. The molecule has 0 aliphatic carbocycles. The van der Waals surface area contributed by atoms with Gasteiger partial charge in [-0.15, -0.1) is 0 Å². The van der Waals surface area contributed by atoms with Crippen molar-refractivity contribution in [3.63, 3.8) is 0 Å². The number of methoxy groups -OCH3 is 1. The number of pyridine rings is 1. The Morgan fingerprint density at radius 2 is 1.78 bits per heavy atom. The molecule has 0 saturated carbocycles. The van der Waals surface area contributed by atoms with Gasteiger partial charge in [0.1, 0.15) is 17.5 Å². The highest BCUT2D eigenvalue weighted by atomic mass is 16.5. The highest BCUT2D eigenvalue weighted by Crippen LogP contribution is 2.35. The second kappa shape index (κ2) is 12.7. The summed E-state index contributed by atoms with van der Waals surface area (Å²) >= 11 is 0. The zero-order valence-corrected chi connectivity index (χ0v) is 24.2. The van der Waals surface area contributed by atoms with Gasteiger partial charge in [-0.25, -0.2) is 9.97 Å². The fourth-order valence-electron chi connectivity index (χ4n) is 5.56. The quantitative estimate of drug-likeness (QED) is 0.283. The van der Waals surface area contributed by atoms with Crippen LogP contribution in [-0.2, 0) is 4.74 Å². The van der Waals surface area contributed by atoms with Gasteiger partial charge in [-0.1, -0.05) is 44.2 Å². The molecule has 2 atom stereocenters. The number of hydrogen-bond acceptors (Lipinski definition) is 8. The first-order chi connectivity index (χ1) is 19.9. The van der Waals surface area contributed by atoms with Crippen LogP contribution in [0.2, 0.25) is 0 Å². The molecule has 4 aromatic rings. The number of imidazole rings is 1. The first-order valence-corrected chi connectivity index (χ1v) is 14.4. The lowest BCUT2D eigenvalue weighted by Crippen LogP contribution is -2.52. The summed E-state index contributed by atoms with van der Waals surface area (Å²) in [5.41, 5.74) is 3.36. The summed E-state index contributed by atoms with van der Waals surface area (Å²) in [6, 6.07) is 18.1. The predicted molar refractivity (Wildman–Crippen MR) is 158 cm³/mol. The summed E-state index contributed by atoms with van der Waals surface area (Å²) in [5, 5.41) is 18.4. The number of anilines is 1. The fraction of sp³-hybridized carbons (Fsp3) is 0.452. The minimum atomic E-state index is -1.22. The van der Waals surface area contributed by atoms with Crippen LogP contribution in [0.25, 0.3) is 21.9 Å². The van der Waals surface area contributed by atoms with Gasteiger partial charge in [-0.3, -0.25) is 4.57 Å². The average Bonchev–Trinajstić information content (AvgIpc) is 3.33. The van der Waals surface area contributed by atoms with E-state index >= 15 is 0 Å². The highest BCUT2D eigenvalue weighted by molar-refractivity contribution is 5.81. The molecule has 10 nitrogen and oxygen atoms in total. The number of rotatable bonds is 11. The molecule has 1 saturated heterocycles. The number of nitrogens with zero attached hydrogens (tertiary/aromatic N) is 4. The number of likely N-dealkylation sites (tertiary alicyclic amines) is 1. The molecule has 1 fully saturated rings. The van der Waals surface area contributed by atoms with Gasteiger partial charge in [0.2, 0.25) is 5.95 Å². The highest BCUT2D eigenvalue weighted by Gasteiger charge is 2.29. The van der Waals surface area contributed by atoms with Crippen LogP contribution in [0.4, 0.5) is 10.7 Å². The van der Waals surface area contributed by atoms with E-state index in [1.165, 1.54) is 0 Å². The number of ether oxygens (including phenoxy) is 2. The maximum Gasteiger partial charge on any atom is 0.206 e. The van der Waals surface area contributed by atoms with Crippen LogP contribution in [0.5, 0.6) is 5.75 Å². The molecule has 218 valence electrons. The molecule has 0 bridgehead atoms. The molecule has 1 amide bonds. The van der Waals surface area contributed by atoms with Crippen molar-refractivity contribution in [2.24, 2.45) is 5.92 Å². The van der Waals surface area contributed by atoms with Gasteiger partial charge in [0.05, 0.1) is 23.7 Å². The predicted octanol–water partition coefficient (Wildman–Crippen LogP) is 4.01. The third-order valence-electron chi connectivity index (χ3n) is 7.81. The van der Waals surface area contributed by atoms with Crippen molar-refractivity contribution in [1.29, 1.82) is 0 Å². The van der Waals surface area contributed by atoms with E-state index in [1.807, 2.05) is 75.4 Å². The lowest BCUT2D eigenvalue weighted by atomic mass is 10.0. The first-order valence-electron chi connectivity index (χ1n) is 14.4. The summed E-state index contributed by atoms with van der Waals surface area (Å²) in [6.45, 7) is 8.86. The van der Waals surface area contributed by atoms with Crippen LogP contribution in [0.15, 0.2) is 54.6 Å². The van der Waals surface area contributed by atoms with Crippen molar-refractivity contribution < 1.29 is 19.4 Å². The Morgan fingerprint density at radius 1 is 1.07 bits per heavy atom. The second-order valence-electron chi connectivity index (χ2n) is 10.9. The van der Waals surface area contributed by atoms with Crippen LogP contribution in [-0.4, -0.2) is 71.0 Å². The number of hydrogen-bond donors (Lipinski definition) is 2. The summed E-state index contributed by atoms with van der Waals surface area (Å²) < 4.78 is 14.3. The van der Waals surface area contributed by atoms with Gasteiger partial charge in [0.15, 0.2) is 6.23 Å². The minimum absolute atomic E-state index is 0.162. The van der Waals surface area contributed by atoms with E-state index in [-0.39, 0.29) is 18.0 Å². The summed E-state index contributed by atoms with van der Waals surface area (Å²) in [7, 11) is 1.66. The number of carbonyl (C=O) groups is 1. The Labute approximate surface area is 240 Å². The number of para-hydroxylation sites is 3. The number of benzene rings is 2. The van der Waals surface area contributed by atoms with Crippen molar-refractivity contribution in [2.75, 3.05) is 38.7 Å². The molecule has 1 aliphatic heterocycles. The molecule has 10 heteroatoms. The number of carboxylic acid groups (broad SMARTS) is 1. The zero-order valence-electron chi connectivity index (χ0n) is 24.2. The molecule has 2 aromatic heterocycles. The van der Waals surface area contributed by atoms with Crippen molar-refractivity contribution >= 4 is 34.0 Å². The smallest absolute Gasteiger partial charge is 0.206 e. The zero-order chi connectivity index (χ0) is 28.9.